The van der Waals surface area contributed by atoms with Crippen molar-refractivity contribution in [1.29, 1.82) is 0 Å². The van der Waals surface area contributed by atoms with Crippen LogP contribution in [0.15, 0.2) is 24.3 Å². The minimum atomic E-state index is -0.340. The molecule has 25 heavy (non-hydrogen) atoms. The molecule has 0 aromatic heterocycles. The van der Waals surface area contributed by atoms with E-state index in [1.54, 1.807) is 4.90 Å². The SMILES string of the molecule is O=C(COc1ccc(F)cc1)N1CCN(C(=O)CC2CCCN2)CC1. The number of halogens is 1. The van der Waals surface area contributed by atoms with Gasteiger partial charge in [-0.15, -0.1) is 0 Å². The van der Waals surface area contributed by atoms with Gasteiger partial charge in [0, 0.05) is 38.6 Å². The van der Waals surface area contributed by atoms with E-state index in [1.807, 2.05) is 4.90 Å². The Morgan fingerprint density at radius 2 is 1.72 bits per heavy atom. The van der Waals surface area contributed by atoms with E-state index in [-0.39, 0.29) is 24.2 Å². The van der Waals surface area contributed by atoms with Crippen LogP contribution in [0, 0.1) is 5.82 Å². The summed E-state index contributed by atoms with van der Waals surface area (Å²) in [5.41, 5.74) is 0. The lowest BCUT2D eigenvalue weighted by molar-refractivity contribution is -0.141. The molecule has 2 amide bonds. The van der Waals surface area contributed by atoms with Crippen molar-refractivity contribution in [2.75, 3.05) is 39.3 Å². The summed E-state index contributed by atoms with van der Waals surface area (Å²) < 4.78 is 18.2. The van der Waals surface area contributed by atoms with Crippen LogP contribution in [-0.4, -0.2) is 67.0 Å². The molecule has 0 bridgehead atoms. The molecule has 1 atom stereocenters. The molecule has 0 saturated carbocycles. The third kappa shape index (κ3) is 4.92. The van der Waals surface area contributed by atoms with Gasteiger partial charge in [-0.05, 0) is 43.7 Å². The van der Waals surface area contributed by atoms with E-state index in [0.717, 1.165) is 19.4 Å². The lowest BCUT2D eigenvalue weighted by atomic mass is 10.1. The highest BCUT2D eigenvalue weighted by Crippen LogP contribution is 2.13. The normalized spacial score (nSPS) is 20.6. The van der Waals surface area contributed by atoms with Crippen LogP contribution in [0.2, 0.25) is 0 Å². The van der Waals surface area contributed by atoms with E-state index < -0.39 is 0 Å². The third-order valence-electron chi connectivity index (χ3n) is 4.74. The summed E-state index contributed by atoms with van der Waals surface area (Å²) >= 11 is 0. The zero-order valence-corrected chi connectivity index (χ0v) is 14.2. The number of piperazine rings is 1. The molecule has 2 aliphatic heterocycles. The van der Waals surface area contributed by atoms with Crippen molar-refractivity contribution in [2.45, 2.75) is 25.3 Å². The zero-order chi connectivity index (χ0) is 17.6. The Morgan fingerprint density at radius 3 is 2.32 bits per heavy atom. The first-order valence-electron chi connectivity index (χ1n) is 8.79. The lowest BCUT2D eigenvalue weighted by Gasteiger charge is -2.35. The van der Waals surface area contributed by atoms with Crippen molar-refractivity contribution in [2.24, 2.45) is 0 Å². The molecule has 3 rings (SSSR count). The Morgan fingerprint density at radius 1 is 1.08 bits per heavy atom. The van der Waals surface area contributed by atoms with Gasteiger partial charge in [0.15, 0.2) is 6.61 Å². The molecule has 7 heteroatoms. The van der Waals surface area contributed by atoms with E-state index in [1.165, 1.54) is 24.3 Å². The largest absolute Gasteiger partial charge is 0.484 e. The number of nitrogens with zero attached hydrogens (tertiary/aromatic N) is 2. The van der Waals surface area contributed by atoms with Crippen molar-refractivity contribution in [3.63, 3.8) is 0 Å². The van der Waals surface area contributed by atoms with Gasteiger partial charge in [0.25, 0.3) is 5.91 Å². The molecule has 2 heterocycles. The van der Waals surface area contributed by atoms with Crippen molar-refractivity contribution in [3.8, 4) is 5.75 Å². The molecular formula is C18H24FN3O3. The number of rotatable bonds is 5. The highest BCUT2D eigenvalue weighted by Gasteiger charge is 2.26. The first-order chi connectivity index (χ1) is 12.1. The minimum absolute atomic E-state index is 0.0778. The fourth-order valence-corrected chi connectivity index (χ4v) is 3.24. The maximum Gasteiger partial charge on any atom is 0.260 e. The Labute approximate surface area is 146 Å². The third-order valence-corrected chi connectivity index (χ3v) is 4.74. The standard InChI is InChI=1S/C18H24FN3O3/c19-14-3-5-16(6-4-14)25-13-18(24)22-10-8-21(9-11-22)17(23)12-15-2-1-7-20-15/h3-6,15,20H,1-2,7-13H2. The van der Waals surface area contributed by atoms with Crippen LogP contribution in [0.1, 0.15) is 19.3 Å². The monoisotopic (exact) mass is 349 g/mol. The van der Waals surface area contributed by atoms with Crippen LogP contribution < -0.4 is 10.1 Å². The van der Waals surface area contributed by atoms with Crippen molar-refractivity contribution in [1.82, 2.24) is 15.1 Å². The van der Waals surface area contributed by atoms with Gasteiger partial charge < -0.3 is 19.9 Å². The summed E-state index contributed by atoms with van der Waals surface area (Å²) in [6.45, 7) is 3.09. The average molecular weight is 349 g/mol. The Hall–Kier alpha value is -2.15. The van der Waals surface area contributed by atoms with Crippen LogP contribution in [0.4, 0.5) is 4.39 Å². The summed E-state index contributed by atoms with van der Waals surface area (Å²) in [5, 5.41) is 3.34. The molecule has 1 N–H and O–H groups in total. The highest BCUT2D eigenvalue weighted by atomic mass is 19.1. The second-order valence-electron chi connectivity index (χ2n) is 6.50. The first kappa shape index (κ1) is 17.7. The summed E-state index contributed by atoms with van der Waals surface area (Å²) in [4.78, 5) is 28.1. The Kier molecular flexibility index (Phi) is 5.86. The average Bonchev–Trinajstić information content (AvgIpc) is 3.14. The molecule has 2 aliphatic rings. The van der Waals surface area contributed by atoms with Gasteiger partial charge in [0.1, 0.15) is 11.6 Å². The Bertz CT molecular complexity index is 594. The number of hydrogen-bond donors (Lipinski definition) is 1. The van der Waals surface area contributed by atoms with Crippen molar-refractivity contribution < 1.29 is 18.7 Å². The first-order valence-corrected chi connectivity index (χ1v) is 8.79. The summed E-state index contributed by atoms with van der Waals surface area (Å²) in [5.74, 6) is 0.169. The number of ether oxygens (including phenoxy) is 1. The molecular weight excluding hydrogens is 325 g/mol. The second kappa shape index (κ2) is 8.29. The quantitative estimate of drug-likeness (QED) is 0.862. The number of amides is 2. The molecule has 1 unspecified atom stereocenters. The van der Waals surface area contributed by atoms with Crippen molar-refractivity contribution >= 4 is 11.8 Å². The minimum Gasteiger partial charge on any atom is -0.484 e. The van der Waals surface area contributed by atoms with Gasteiger partial charge in [-0.1, -0.05) is 0 Å². The fourth-order valence-electron chi connectivity index (χ4n) is 3.24. The van der Waals surface area contributed by atoms with Crippen LogP contribution in [-0.2, 0) is 9.59 Å². The van der Waals surface area contributed by atoms with E-state index in [9.17, 15) is 14.0 Å². The van der Waals surface area contributed by atoms with Gasteiger partial charge in [-0.3, -0.25) is 9.59 Å². The topological polar surface area (TPSA) is 61.9 Å². The zero-order valence-electron chi connectivity index (χ0n) is 14.2. The lowest BCUT2D eigenvalue weighted by Crippen LogP contribution is -2.52. The molecule has 1 aromatic carbocycles. The molecule has 136 valence electrons. The number of hydrogen-bond acceptors (Lipinski definition) is 4. The Balaban J connectivity index is 1.39. The summed E-state index contributed by atoms with van der Waals surface area (Å²) in [7, 11) is 0. The van der Waals surface area contributed by atoms with Gasteiger partial charge in [0.05, 0.1) is 0 Å². The summed E-state index contributed by atoms with van der Waals surface area (Å²) in [6.07, 6.45) is 2.74. The van der Waals surface area contributed by atoms with Crippen LogP contribution in [0.25, 0.3) is 0 Å². The number of benzene rings is 1. The van der Waals surface area contributed by atoms with E-state index in [4.69, 9.17) is 4.74 Å². The molecule has 0 radical (unpaired) electrons. The smallest absolute Gasteiger partial charge is 0.260 e. The fraction of sp³-hybridized carbons (Fsp3) is 0.556. The maximum atomic E-state index is 12.8. The predicted octanol–water partition coefficient (Wildman–Crippen LogP) is 1.02. The molecule has 0 spiro atoms. The summed E-state index contributed by atoms with van der Waals surface area (Å²) in [6, 6.07) is 5.88. The molecule has 2 saturated heterocycles. The van der Waals surface area contributed by atoms with Crippen LogP contribution >= 0.6 is 0 Å². The molecule has 1 aromatic rings. The highest BCUT2D eigenvalue weighted by molar-refractivity contribution is 5.79. The van der Waals surface area contributed by atoms with Crippen LogP contribution in [0.5, 0.6) is 5.75 Å². The van der Waals surface area contributed by atoms with Gasteiger partial charge >= 0.3 is 0 Å². The molecule has 6 nitrogen and oxygen atoms in total. The molecule has 0 aliphatic carbocycles. The number of carbonyl (C=O) groups excluding carboxylic acids is 2. The predicted molar refractivity (Wildman–Crippen MR) is 90.7 cm³/mol. The van der Waals surface area contributed by atoms with Gasteiger partial charge in [-0.25, -0.2) is 4.39 Å². The number of carbonyl (C=O) groups is 2. The van der Waals surface area contributed by atoms with E-state index in [0.29, 0.717) is 44.4 Å². The van der Waals surface area contributed by atoms with Gasteiger partial charge in [0.2, 0.25) is 5.91 Å². The van der Waals surface area contributed by atoms with E-state index >= 15 is 0 Å². The number of nitrogens with one attached hydrogen (secondary N) is 1. The molecule has 2 fully saturated rings. The van der Waals surface area contributed by atoms with E-state index in [2.05, 4.69) is 5.32 Å². The van der Waals surface area contributed by atoms with Crippen LogP contribution in [0.3, 0.4) is 0 Å². The maximum absolute atomic E-state index is 12.8. The van der Waals surface area contributed by atoms with Crippen molar-refractivity contribution in [3.05, 3.63) is 30.1 Å². The van der Waals surface area contributed by atoms with Gasteiger partial charge in [-0.2, -0.15) is 0 Å². The second-order valence-corrected chi connectivity index (χ2v) is 6.50.